The summed E-state index contributed by atoms with van der Waals surface area (Å²) in [4.78, 5) is 9.41. The van der Waals surface area contributed by atoms with Crippen LogP contribution in [0.25, 0.3) is 0 Å². The normalized spacial score (nSPS) is 14.4. The molecule has 0 saturated carbocycles. The average molecular weight is 303 g/mol. The molecule has 0 aromatic carbocycles. The fraction of sp³-hybridized carbons (Fsp3) is 0.375. The van der Waals surface area contributed by atoms with Crippen molar-refractivity contribution in [2.45, 2.75) is 23.4 Å². The molecule has 5 nitrogen and oxygen atoms in total. The second-order valence-electron chi connectivity index (χ2n) is 3.30. The van der Waals surface area contributed by atoms with Gasteiger partial charge in [0.1, 0.15) is 15.1 Å². The lowest BCUT2D eigenvalue weighted by atomic mass is 10.4. The quantitative estimate of drug-likeness (QED) is 0.883. The third-order valence-electron chi connectivity index (χ3n) is 1.83. The number of carboxylic acid groups (broad SMARTS) is 1. The van der Waals surface area contributed by atoms with Gasteiger partial charge in [0.2, 0.25) is 0 Å². The summed E-state index contributed by atoms with van der Waals surface area (Å²) in [6, 6.07) is -0.0128. The van der Waals surface area contributed by atoms with E-state index in [0.29, 0.717) is 6.07 Å². The van der Waals surface area contributed by atoms with E-state index in [9.17, 15) is 26.4 Å². The van der Waals surface area contributed by atoms with Crippen LogP contribution in [0.15, 0.2) is 16.3 Å². The number of hydrogen-bond acceptors (Lipinski definition) is 4. The number of halogens is 3. The molecule has 0 fully saturated rings. The van der Waals surface area contributed by atoms with Crippen LogP contribution in [-0.2, 0) is 21.0 Å². The van der Waals surface area contributed by atoms with Gasteiger partial charge in [-0.1, -0.05) is 0 Å². The van der Waals surface area contributed by atoms with Crippen molar-refractivity contribution in [3.8, 4) is 0 Å². The summed E-state index contributed by atoms with van der Waals surface area (Å²) < 4.78 is 61.1. The molecule has 0 aliphatic heterocycles. The molecule has 1 rings (SSSR count). The first kappa shape index (κ1) is 14.9. The molecule has 2 N–H and O–H groups in total. The number of sulfonamides is 1. The molecule has 0 aliphatic rings. The molecule has 102 valence electrons. The van der Waals surface area contributed by atoms with Crippen molar-refractivity contribution in [2.75, 3.05) is 0 Å². The first-order valence-corrected chi connectivity index (χ1v) is 6.76. The Bertz CT molecular complexity index is 549. The molecule has 1 heterocycles. The summed E-state index contributed by atoms with van der Waals surface area (Å²) in [5.74, 6) is -1.42. The van der Waals surface area contributed by atoms with Crippen LogP contribution in [0.2, 0.25) is 0 Å². The van der Waals surface area contributed by atoms with Crippen molar-refractivity contribution in [2.24, 2.45) is 0 Å². The van der Waals surface area contributed by atoms with Gasteiger partial charge < -0.3 is 5.11 Å². The molecule has 10 heteroatoms. The number of aliphatic carboxylic acids is 1. The van der Waals surface area contributed by atoms with E-state index in [1.807, 2.05) is 0 Å². The summed E-state index contributed by atoms with van der Waals surface area (Å²) in [5, 5.41) is 8.52. The smallest absolute Gasteiger partial charge is 0.425 e. The number of carbonyl (C=O) groups is 1. The van der Waals surface area contributed by atoms with E-state index in [1.165, 1.54) is 0 Å². The van der Waals surface area contributed by atoms with Gasteiger partial charge in [-0.2, -0.15) is 17.9 Å². The number of alkyl halides is 3. The Morgan fingerprint density at radius 2 is 2.00 bits per heavy atom. The maximum atomic E-state index is 12.3. The van der Waals surface area contributed by atoms with Crippen molar-refractivity contribution in [3.05, 3.63) is 17.0 Å². The molecule has 1 aromatic heterocycles. The number of carboxylic acids is 1. The zero-order valence-corrected chi connectivity index (χ0v) is 10.5. The summed E-state index contributed by atoms with van der Waals surface area (Å²) in [7, 11) is -4.26. The molecule has 18 heavy (non-hydrogen) atoms. The molecule has 0 bridgehead atoms. The van der Waals surface area contributed by atoms with E-state index >= 15 is 0 Å². The van der Waals surface area contributed by atoms with E-state index in [4.69, 9.17) is 5.11 Å². The first-order valence-electron chi connectivity index (χ1n) is 4.46. The zero-order chi connectivity index (χ0) is 14.1. The van der Waals surface area contributed by atoms with Crippen molar-refractivity contribution in [1.82, 2.24) is 4.72 Å². The van der Waals surface area contributed by atoms with Crippen LogP contribution in [0.5, 0.6) is 0 Å². The summed E-state index contributed by atoms with van der Waals surface area (Å²) in [5.41, 5.74) is 0. The van der Waals surface area contributed by atoms with Gasteiger partial charge in [-0.25, -0.2) is 8.42 Å². The topological polar surface area (TPSA) is 83.5 Å². The maximum Gasteiger partial charge on any atom is 0.425 e. The van der Waals surface area contributed by atoms with E-state index < -0.39 is 37.3 Å². The van der Waals surface area contributed by atoms with Crippen molar-refractivity contribution < 1.29 is 31.5 Å². The fourth-order valence-corrected chi connectivity index (χ4v) is 3.34. The van der Waals surface area contributed by atoms with Gasteiger partial charge in [-0.15, -0.1) is 11.3 Å². The first-order chi connectivity index (χ1) is 8.04. The van der Waals surface area contributed by atoms with Gasteiger partial charge in [-0.05, 0) is 19.1 Å². The second kappa shape index (κ2) is 4.86. The number of thiophene rings is 1. The van der Waals surface area contributed by atoms with Gasteiger partial charge in [0.25, 0.3) is 10.0 Å². The second-order valence-corrected chi connectivity index (χ2v) is 6.32. The minimum Gasteiger partial charge on any atom is -0.480 e. The summed E-state index contributed by atoms with van der Waals surface area (Å²) >= 11 is 0.0321. The van der Waals surface area contributed by atoms with Crippen molar-refractivity contribution >= 4 is 27.3 Å². The summed E-state index contributed by atoms with van der Waals surface area (Å²) in [6.45, 7) is 1.07. The molecule has 1 unspecified atom stereocenters. The Morgan fingerprint density at radius 3 is 2.39 bits per heavy atom. The molecule has 0 amide bonds. The van der Waals surface area contributed by atoms with Crippen LogP contribution in [0.4, 0.5) is 13.2 Å². The Morgan fingerprint density at radius 1 is 1.44 bits per heavy atom. The lowest BCUT2D eigenvalue weighted by Gasteiger charge is -2.08. The largest absolute Gasteiger partial charge is 0.480 e. The standard InChI is InChI=1S/C8H8F3NO4S2/c1-4(7(13)14)12-18(15,16)6-3-2-5(17-6)8(9,10)11/h2-4,12H,1H3,(H,13,14). The molecule has 1 aromatic rings. The van der Waals surface area contributed by atoms with E-state index in [2.05, 4.69) is 0 Å². The third-order valence-corrected chi connectivity index (χ3v) is 4.99. The fourth-order valence-electron chi connectivity index (χ4n) is 0.958. The molecule has 1 atom stereocenters. The highest BCUT2D eigenvalue weighted by atomic mass is 32.2. The van der Waals surface area contributed by atoms with E-state index in [-0.39, 0.29) is 11.3 Å². The van der Waals surface area contributed by atoms with Gasteiger partial charge in [0.05, 0.1) is 0 Å². The van der Waals surface area contributed by atoms with Crippen LogP contribution >= 0.6 is 11.3 Å². The number of hydrogen-bond donors (Lipinski definition) is 2. The predicted octanol–water partition coefficient (Wildman–Crippen LogP) is 1.52. The highest BCUT2D eigenvalue weighted by molar-refractivity contribution is 7.91. The van der Waals surface area contributed by atoms with Gasteiger partial charge in [0.15, 0.2) is 0 Å². The highest BCUT2D eigenvalue weighted by Gasteiger charge is 2.34. The Hall–Kier alpha value is -1.13. The average Bonchev–Trinajstić information content (AvgIpc) is 2.64. The minimum absolute atomic E-state index is 0.0321. The zero-order valence-electron chi connectivity index (χ0n) is 8.85. The Labute approximate surface area is 104 Å². The molecular formula is C8H8F3NO4S2. The van der Waals surface area contributed by atoms with Gasteiger partial charge >= 0.3 is 12.1 Å². The molecular weight excluding hydrogens is 295 g/mol. The molecule has 0 radical (unpaired) electrons. The van der Waals surface area contributed by atoms with Crippen LogP contribution < -0.4 is 4.72 Å². The molecule has 0 aliphatic carbocycles. The maximum absolute atomic E-state index is 12.3. The molecule has 0 spiro atoms. The Kier molecular flexibility index (Phi) is 4.03. The van der Waals surface area contributed by atoms with E-state index in [1.54, 1.807) is 4.72 Å². The SMILES string of the molecule is CC(NS(=O)(=O)c1ccc(C(F)(F)F)s1)C(=O)O. The van der Waals surface area contributed by atoms with E-state index in [0.717, 1.165) is 13.0 Å². The van der Waals surface area contributed by atoms with Crippen molar-refractivity contribution in [3.63, 3.8) is 0 Å². The third kappa shape index (κ3) is 3.43. The predicted molar refractivity (Wildman–Crippen MR) is 56.7 cm³/mol. The summed E-state index contributed by atoms with van der Waals surface area (Å²) in [6.07, 6.45) is -4.63. The van der Waals surface area contributed by atoms with Crippen LogP contribution in [-0.4, -0.2) is 25.5 Å². The monoisotopic (exact) mass is 303 g/mol. The van der Waals surface area contributed by atoms with Crippen LogP contribution in [0.1, 0.15) is 11.8 Å². The number of nitrogens with one attached hydrogen (secondary N) is 1. The minimum atomic E-state index is -4.63. The van der Waals surface area contributed by atoms with Gasteiger partial charge in [0, 0.05) is 0 Å². The van der Waals surface area contributed by atoms with Gasteiger partial charge in [-0.3, -0.25) is 4.79 Å². The van der Waals surface area contributed by atoms with Crippen LogP contribution in [0.3, 0.4) is 0 Å². The van der Waals surface area contributed by atoms with Crippen LogP contribution in [0, 0.1) is 0 Å². The molecule has 0 saturated heterocycles. The number of rotatable bonds is 4. The lowest BCUT2D eigenvalue weighted by Crippen LogP contribution is -2.37. The highest BCUT2D eigenvalue weighted by Crippen LogP contribution is 2.36. The van der Waals surface area contributed by atoms with Crippen molar-refractivity contribution in [1.29, 1.82) is 0 Å². The lowest BCUT2D eigenvalue weighted by molar-refractivity contribution is -0.138. The Balaban J connectivity index is 3.00.